The van der Waals surface area contributed by atoms with Gasteiger partial charge in [-0.2, -0.15) is 0 Å². The lowest BCUT2D eigenvalue weighted by molar-refractivity contribution is -0.127. The molecule has 134 valence electrons. The van der Waals surface area contributed by atoms with E-state index < -0.39 is 11.1 Å². The number of thioether (sulfide) groups is 1. The van der Waals surface area contributed by atoms with Gasteiger partial charge in [0.05, 0.1) is 5.69 Å². The van der Waals surface area contributed by atoms with E-state index in [4.69, 9.17) is 0 Å². The summed E-state index contributed by atoms with van der Waals surface area (Å²) in [5.41, 5.74) is 0.977. The summed E-state index contributed by atoms with van der Waals surface area (Å²) in [5.74, 6) is -1.34. The summed E-state index contributed by atoms with van der Waals surface area (Å²) in [4.78, 5) is 30.2. The van der Waals surface area contributed by atoms with Crippen molar-refractivity contribution in [2.45, 2.75) is 11.7 Å². The Balaban J connectivity index is 1.65. The molecule has 1 heterocycles. The minimum atomic E-state index is -0.598. The highest BCUT2D eigenvalue weighted by atomic mass is 32.2. The molecule has 0 aromatic heterocycles. The van der Waals surface area contributed by atoms with Crippen LogP contribution in [0, 0.1) is 11.6 Å². The van der Waals surface area contributed by atoms with Gasteiger partial charge in [0.15, 0.2) is 5.17 Å². The van der Waals surface area contributed by atoms with Crippen LogP contribution >= 0.6 is 11.8 Å². The molecule has 26 heavy (non-hydrogen) atoms. The highest BCUT2D eigenvalue weighted by Crippen LogP contribution is 2.30. The van der Waals surface area contributed by atoms with Crippen molar-refractivity contribution >= 4 is 40.1 Å². The number of carbonyl (C=O) groups is 2. The largest absolute Gasteiger partial charge is 0.326 e. The minimum Gasteiger partial charge on any atom is -0.326 e. The maximum absolute atomic E-state index is 13.0. The number of benzene rings is 2. The summed E-state index contributed by atoms with van der Waals surface area (Å²) in [6, 6.07) is 11.0. The van der Waals surface area contributed by atoms with Crippen LogP contribution in [0.3, 0.4) is 0 Å². The van der Waals surface area contributed by atoms with Gasteiger partial charge >= 0.3 is 0 Å². The van der Waals surface area contributed by atoms with Crippen LogP contribution < -0.4 is 5.32 Å². The molecule has 0 aliphatic carbocycles. The Morgan fingerprint density at radius 2 is 1.69 bits per heavy atom. The van der Waals surface area contributed by atoms with E-state index >= 15 is 0 Å². The zero-order valence-electron chi connectivity index (χ0n) is 13.8. The predicted molar refractivity (Wildman–Crippen MR) is 97.3 cm³/mol. The third-order valence-corrected chi connectivity index (χ3v) is 4.92. The SMILES string of the molecule is CN1C(=O)C(CC(=O)Nc2ccc(F)cc2)SC1=Nc1ccc(F)cc1. The summed E-state index contributed by atoms with van der Waals surface area (Å²) in [5, 5.41) is 2.48. The van der Waals surface area contributed by atoms with Crippen LogP contribution in [0.15, 0.2) is 53.5 Å². The van der Waals surface area contributed by atoms with Crippen LogP contribution in [-0.4, -0.2) is 34.2 Å². The maximum Gasteiger partial charge on any atom is 0.242 e. The average Bonchev–Trinajstić information content (AvgIpc) is 2.87. The lowest BCUT2D eigenvalue weighted by Gasteiger charge is -2.09. The van der Waals surface area contributed by atoms with Crippen LogP contribution in [0.2, 0.25) is 0 Å². The fraction of sp³-hybridized carbons (Fsp3) is 0.167. The molecule has 1 atom stereocenters. The Kier molecular flexibility index (Phi) is 5.32. The van der Waals surface area contributed by atoms with Crippen molar-refractivity contribution < 1.29 is 18.4 Å². The van der Waals surface area contributed by atoms with Crippen molar-refractivity contribution in [3.8, 4) is 0 Å². The van der Waals surface area contributed by atoms with E-state index in [0.29, 0.717) is 16.5 Å². The van der Waals surface area contributed by atoms with E-state index in [1.165, 1.54) is 65.2 Å². The Morgan fingerprint density at radius 1 is 1.12 bits per heavy atom. The number of anilines is 1. The summed E-state index contributed by atoms with van der Waals surface area (Å²) < 4.78 is 25.9. The molecule has 5 nitrogen and oxygen atoms in total. The first kappa shape index (κ1) is 18.1. The highest BCUT2D eigenvalue weighted by molar-refractivity contribution is 8.15. The van der Waals surface area contributed by atoms with E-state index in [2.05, 4.69) is 10.3 Å². The lowest BCUT2D eigenvalue weighted by Crippen LogP contribution is -2.30. The second-order valence-corrected chi connectivity index (χ2v) is 6.80. The van der Waals surface area contributed by atoms with Gasteiger partial charge in [-0.1, -0.05) is 11.8 Å². The summed E-state index contributed by atoms with van der Waals surface area (Å²) in [7, 11) is 1.58. The average molecular weight is 375 g/mol. The fourth-order valence-electron chi connectivity index (χ4n) is 2.34. The number of amides is 2. The molecule has 8 heteroatoms. The zero-order valence-corrected chi connectivity index (χ0v) is 14.6. The minimum absolute atomic E-state index is 0.0341. The smallest absolute Gasteiger partial charge is 0.242 e. The van der Waals surface area contributed by atoms with Crippen LogP contribution in [0.25, 0.3) is 0 Å². The van der Waals surface area contributed by atoms with Crippen LogP contribution in [0.5, 0.6) is 0 Å². The van der Waals surface area contributed by atoms with Gasteiger partial charge in [0.1, 0.15) is 16.9 Å². The van der Waals surface area contributed by atoms with Crippen molar-refractivity contribution in [3.05, 3.63) is 60.2 Å². The first-order chi connectivity index (χ1) is 12.4. The molecule has 1 saturated heterocycles. The summed E-state index contributed by atoms with van der Waals surface area (Å²) in [6.45, 7) is 0. The van der Waals surface area contributed by atoms with Crippen LogP contribution in [0.4, 0.5) is 20.2 Å². The molecule has 3 rings (SSSR count). The number of carbonyl (C=O) groups excluding carboxylic acids is 2. The lowest BCUT2D eigenvalue weighted by atomic mass is 10.2. The zero-order chi connectivity index (χ0) is 18.7. The Labute approximate surface area is 153 Å². The quantitative estimate of drug-likeness (QED) is 0.889. The van der Waals surface area contributed by atoms with E-state index in [-0.39, 0.29) is 24.1 Å². The predicted octanol–water partition coefficient (Wildman–Crippen LogP) is 3.55. The number of rotatable bonds is 4. The number of nitrogens with zero attached hydrogens (tertiary/aromatic N) is 2. The van der Waals surface area contributed by atoms with Crippen LogP contribution in [0.1, 0.15) is 6.42 Å². The molecule has 2 aromatic rings. The molecule has 0 radical (unpaired) electrons. The number of halogens is 2. The molecule has 0 bridgehead atoms. The molecule has 0 saturated carbocycles. The molecular weight excluding hydrogens is 360 g/mol. The monoisotopic (exact) mass is 375 g/mol. The first-order valence-corrected chi connectivity index (χ1v) is 8.64. The molecule has 1 aliphatic heterocycles. The summed E-state index contributed by atoms with van der Waals surface area (Å²) in [6.07, 6.45) is -0.0341. The van der Waals surface area contributed by atoms with E-state index in [1.807, 2.05) is 0 Å². The molecule has 0 spiro atoms. The Bertz CT molecular complexity index is 854. The highest BCUT2D eigenvalue weighted by Gasteiger charge is 2.36. The van der Waals surface area contributed by atoms with Gasteiger partial charge < -0.3 is 5.32 Å². The maximum atomic E-state index is 13.0. The van der Waals surface area contributed by atoms with Crippen molar-refractivity contribution in [1.82, 2.24) is 4.90 Å². The van der Waals surface area contributed by atoms with Gasteiger partial charge in [-0.25, -0.2) is 13.8 Å². The second kappa shape index (κ2) is 7.65. The van der Waals surface area contributed by atoms with Crippen molar-refractivity contribution in [2.24, 2.45) is 4.99 Å². The van der Waals surface area contributed by atoms with Gasteiger partial charge in [-0.15, -0.1) is 0 Å². The Morgan fingerprint density at radius 3 is 2.31 bits per heavy atom. The first-order valence-electron chi connectivity index (χ1n) is 7.76. The van der Waals surface area contributed by atoms with Crippen molar-refractivity contribution in [2.75, 3.05) is 12.4 Å². The summed E-state index contributed by atoms with van der Waals surface area (Å²) >= 11 is 1.18. The number of hydrogen-bond donors (Lipinski definition) is 1. The molecular formula is C18H15F2N3O2S. The fourth-order valence-corrected chi connectivity index (χ4v) is 3.49. The number of nitrogens with one attached hydrogen (secondary N) is 1. The van der Waals surface area contributed by atoms with E-state index in [1.54, 1.807) is 7.05 Å². The van der Waals surface area contributed by atoms with Gasteiger partial charge in [-0.3, -0.25) is 14.5 Å². The van der Waals surface area contributed by atoms with Crippen LogP contribution in [-0.2, 0) is 9.59 Å². The van der Waals surface area contributed by atoms with Crippen molar-refractivity contribution in [3.63, 3.8) is 0 Å². The van der Waals surface area contributed by atoms with E-state index in [0.717, 1.165) is 0 Å². The second-order valence-electron chi connectivity index (χ2n) is 5.63. The Hall–Kier alpha value is -2.74. The van der Waals surface area contributed by atoms with Gasteiger partial charge in [-0.05, 0) is 48.5 Å². The molecule has 1 unspecified atom stereocenters. The number of aliphatic imine (C=N–C) groups is 1. The van der Waals surface area contributed by atoms with Gasteiger partial charge in [0.2, 0.25) is 11.8 Å². The molecule has 2 amide bonds. The van der Waals surface area contributed by atoms with Gasteiger partial charge in [0.25, 0.3) is 0 Å². The standard InChI is InChI=1S/C18H15F2N3O2S/c1-23-17(25)15(10-16(24)21-13-6-2-11(19)3-7-13)26-18(23)22-14-8-4-12(20)5-9-14/h2-9,15H,10H2,1H3,(H,21,24). The van der Waals surface area contributed by atoms with Gasteiger partial charge in [0, 0.05) is 19.2 Å². The van der Waals surface area contributed by atoms with Crippen molar-refractivity contribution in [1.29, 1.82) is 0 Å². The number of amidine groups is 1. The molecule has 2 aromatic carbocycles. The molecule has 1 fully saturated rings. The molecule has 1 aliphatic rings. The van der Waals surface area contributed by atoms with E-state index in [9.17, 15) is 18.4 Å². The third-order valence-electron chi connectivity index (χ3n) is 3.69. The normalized spacial score (nSPS) is 18.4. The number of hydrogen-bond acceptors (Lipinski definition) is 4. The third kappa shape index (κ3) is 4.26. The topological polar surface area (TPSA) is 61.8 Å². The molecule has 1 N–H and O–H groups in total.